The molecule has 1 aromatic carbocycles. The molecule has 0 spiro atoms. The number of carbonyl (C=O) groups excluding carboxylic acids is 2. The molecular weight excluding hydrogens is 378 g/mol. The van der Waals surface area contributed by atoms with Gasteiger partial charge in [0.2, 0.25) is 11.8 Å². The molecule has 0 aromatic heterocycles. The van der Waals surface area contributed by atoms with Gasteiger partial charge in [-0.05, 0) is 42.4 Å². The zero-order valence-electron chi connectivity index (χ0n) is 18.2. The first-order valence-corrected chi connectivity index (χ1v) is 10.7. The third-order valence-corrected chi connectivity index (χ3v) is 6.58. The Morgan fingerprint density at radius 1 is 1.13 bits per heavy atom. The summed E-state index contributed by atoms with van der Waals surface area (Å²) >= 11 is 0. The summed E-state index contributed by atoms with van der Waals surface area (Å²) in [5, 5.41) is 6.56. The maximum atomic E-state index is 12.8. The number of carbonyl (C=O) groups is 2. The van der Waals surface area contributed by atoms with Crippen LogP contribution in [0.25, 0.3) is 0 Å². The highest BCUT2D eigenvalue weighted by Gasteiger charge is 2.58. The Hall–Kier alpha value is -2.83. The molecule has 2 aliphatic carbocycles. The fourth-order valence-corrected chi connectivity index (χ4v) is 5.11. The quantitative estimate of drug-likeness (QED) is 0.323. The SMILES string of the molecule is CN=C(NCCN1C(=O)C2C3C=CC(C3)C2C1=O)NCc1ccc(C)cc1N(C)C. The third-order valence-electron chi connectivity index (χ3n) is 6.58. The maximum absolute atomic E-state index is 12.8. The smallest absolute Gasteiger partial charge is 0.233 e. The number of rotatable bonds is 6. The Bertz CT molecular complexity index is 877. The molecule has 7 nitrogen and oxygen atoms in total. The number of amides is 2. The summed E-state index contributed by atoms with van der Waals surface area (Å²) in [5.41, 5.74) is 3.56. The summed E-state index contributed by atoms with van der Waals surface area (Å²) in [7, 11) is 5.79. The lowest BCUT2D eigenvalue weighted by Gasteiger charge is -2.20. The number of aliphatic imine (C=N–C) groups is 1. The Balaban J connectivity index is 1.30. The predicted molar refractivity (Wildman–Crippen MR) is 118 cm³/mol. The van der Waals surface area contributed by atoms with E-state index < -0.39 is 0 Å². The van der Waals surface area contributed by atoms with Crippen molar-refractivity contribution in [3.63, 3.8) is 0 Å². The van der Waals surface area contributed by atoms with Crippen molar-refractivity contribution in [2.75, 3.05) is 39.1 Å². The molecule has 0 radical (unpaired) electrons. The van der Waals surface area contributed by atoms with Crippen molar-refractivity contribution >= 4 is 23.5 Å². The van der Waals surface area contributed by atoms with Gasteiger partial charge in [-0.2, -0.15) is 0 Å². The number of benzene rings is 1. The fourth-order valence-electron chi connectivity index (χ4n) is 5.11. The van der Waals surface area contributed by atoms with Gasteiger partial charge in [-0.3, -0.25) is 19.5 Å². The summed E-state index contributed by atoms with van der Waals surface area (Å²) in [5.74, 6) is 0.908. The number of guanidine groups is 1. The minimum Gasteiger partial charge on any atom is -0.377 e. The Morgan fingerprint density at radius 2 is 1.80 bits per heavy atom. The topological polar surface area (TPSA) is 77.0 Å². The molecule has 1 saturated carbocycles. The highest BCUT2D eigenvalue weighted by atomic mass is 16.2. The zero-order chi connectivity index (χ0) is 21.4. The summed E-state index contributed by atoms with van der Waals surface area (Å²) in [6.45, 7) is 3.57. The van der Waals surface area contributed by atoms with Gasteiger partial charge in [0, 0.05) is 46.5 Å². The third kappa shape index (κ3) is 3.57. The van der Waals surface area contributed by atoms with Crippen LogP contribution in [0.4, 0.5) is 5.69 Å². The molecule has 7 heteroatoms. The number of nitrogens with one attached hydrogen (secondary N) is 2. The van der Waals surface area contributed by atoms with Gasteiger partial charge >= 0.3 is 0 Å². The molecule has 3 aliphatic rings. The van der Waals surface area contributed by atoms with E-state index in [0.717, 1.165) is 6.42 Å². The van der Waals surface area contributed by atoms with Crippen molar-refractivity contribution in [2.45, 2.75) is 19.9 Å². The van der Waals surface area contributed by atoms with E-state index in [0.29, 0.717) is 25.6 Å². The highest BCUT2D eigenvalue weighted by Crippen LogP contribution is 2.52. The van der Waals surface area contributed by atoms with Crippen LogP contribution in [0.15, 0.2) is 35.3 Å². The van der Waals surface area contributed by atoms with E-state index >= 15 is 0 Å². The second-order valence-electron chi connectivity index (χ2n) is 8.71. The molecular formula is C23H31N5O2. The summed E-state index contributed by atoms with van der Waals surface area (Å²) < 4.78 is 0. The van der Waals surface area contributed by atoms with E-state index in [1.807, 2.05) is 14.1 Å². The number of nitrogens with zero attached hydrogens (tertiary/aromatic N) is 3. The number of anilines is 1. The highest BCUT2D eigenvalue weighted by molar-refractivity contribution is 6.06. The van der Waals surface area contributed by atoms with E-state index in [4.69, 9.17) is 0 Å². The lowest BCUT2D eigenvalue weighted by molar-refractivity contribution is -0.140. The Kier molecular flexibility index (Phi) is 5.54. The molecule has 2 bridgehead atoms. The maximum Gasteiger partial charge on any atom is 0.233 e. The van der Waals surface area contributed by atoms with E-state index in [2.05, 4.69) is 57.8 Å². The molecule has 4 atom stereocenters. The molecule has 1 aromatic rings. The van der Waals surface area contributed by atoms with Crippen LogP contribution in [-0.4, -0.2) is 56.9 Å². The zero-order valence-corrected chi connectivity index (χ0v) is 18.2. The van der Waals surface area contributed by atoms with Crippen molar-refractivity contribution in [3.8, 4) is 0 Å². The number of likely N-dealkylation sites (tertiary alicyclic amines) is 1. The van der Waals surface area contributed by atoms with Gasteiger partial charge in [0.05, 0.1) is 11.8 Å². The molecule has 2 N–H and O–H groups in total. The van der Waals surface area contributed by atoms with E-state index in [1.54, 1.807) is 7.05 Å². The fraction of sp³-hybridized carbons (Fsp3) is 0.522. The lowest BCUT2D eigenvalue weighted by atomic mass is 9.85. The van der Waals surface area contributed by atoms with E-state index in [1.165, 1.54) is 21.7 Å². The average molecular weight is 410 g/mol. The summed E-state index contributed by atoms with van der Waals surface area (Å²) in [6.07, 6.45) is 5.21. The molecule has 1 heterocycles. The normalized spacial score (nSPS) is 27.1. The lowest BCUT2D eigenvalue weighted by Crippen LogP contribution is -2.43. The van der Waals surface area contributed by atoms with Crippen LogP contribution in [0.2, 0.25) is 0 Å². The van der Waals surface area contributed by atoms with E-state index in [-0.39, 0.29) is 35.5 Å². The second-order valence-corrected chi connectivity index (χ2v) is 8.71. The predicted octanol–water partition coefficient (Wildman–Crippen LogP) is 1.53. The largest absolute Gasteiger partial charge is 0.377 e. The van der Waals surface area contributed by atoms with Crippen LogP contribution in [0, 0.1) is 30.6 Å². The van der Waals surface area contributed by atoms with Gasteiger partial charge in [0.1, 0.15) is 0 Å². The van der Waals surface area contributed by atoms with Gasteiger partial charge in [0.15, 0.2) is 5.96 Å². The monoisotopic (exact) mass is 409 g/mol. The van der Waals surface area contributed by atoms with Gasteiger partial charge in [-0.1, -0.05) is 24.3 Å². The van der Waals surface area contributed by atoms with Crippen molar-refractivity contribution in [1.29, 1.82) is 0 Å². The van der Waals surface area contributed by atoms with Gasteiger partial charge < -0.3 is 15.5 Å². The van der Waals surface area contributed by atoms with Crippen LogP contribution >= 0.6 is 0 Å². The standard InChI is InChI=1S/C23H31N5O2/c1-14-5-6-17(18(11-14)27(3)4)13-26-23(24-2)25-9-10-28-21(29)19-15-7-8-16(12-15)20(19)22(28)30/h5-8,11,15-16,19-20H,9-10,12-13H2,1-4H3,(H2,24,25,26). The van der Waals surface area contributed by atoms with Crippen molar-refractivity contribution in [1.82, 2.24) is 15.5 Å². The van der Waals surface area contributed by atoms with Crippen LogP contribution in [0.3, 0.4) is 0 Å². The van der Waals surface area contributed by atoms with Crippen molar-refractivity contribution in [2.24, 2.45) is 28.7 Å². The Labute approximate surface area is 178 Å². The first-order chi connectivity index (χ1) is 14.4. The number of fused-ring (bicyclic) bond motifs is 5. The first kappa shape index (κ1) is 20.4. The molecule has 1 saturated heterocycles. The molecule has 4 unspecified atom stereocenters. The molecule has 2 fully saturated rings. The minimum atomic E-state index is -0.129. The van der Waals surface area contributed by atoms with Gasteiger partial charge in [-0.25, -0.2) is 0 Å². The van der Waals surface area contributed by atoms with Crippen LogP contribution in [0.5, 0.6) is 0 Å². The molecule has 1 aliphatic heterocycles. The van der Waals surface area contributed by atoms with Crippen LogP contribution in [-0.2, 0) is 16.1 Å². The second kappa shape index (κ2) is 8.13. The number of hydrogen-bond acceptors (Lipinski definition) is 4. The summed E-state index contributed by atoms with van der Waals surface area (Å²) in [6, 6.07) is 6.38. The number of allylic oxidation sites excluding steroid dienone is 2. The number of imide groups is 1. The Morgan fingerprint density at radius 3 is 2.40 bits per heavy atom. The molecule has 160 valence electrons. The first-order valence-electron chi connectivity index (χ1n) is 10.7. The van der Waals surface area contributed by atoms with Gasteiger partial charge in [0.25, 0.3) is 0 Å². The molecule has 2 amide bonds. The molecule has 30 heavy (non-hydrogen) atoms. The average Bonchev–Trinajstić information content (AvgIpc) is 3.40. The number of hydrogen-bond donors (Lipinski definition) is 2. The summed E-state index contributed by atoms with van der Waals surface area (Å²) in [4.78, 5) is 33.4. The number of aryl methyl sites for hydroxylation is 1. The van der Waals surface area contributed by atoms with Gasteiger partial charge in [-0.15, -0.1) is 0 Å². The van der Waals surface area contributed by atoms with Crippen molar-refractivity contribution < 1.29 is 9.59 Å². The van der Waals surface area contributed by atoms with Crippen molar-refractivity contribution in [3.05, 3.63) is 41.5 Å². The molecule has 4 rings (SSSR count). The van der Waals surface area contributed by atoms with E-state index in [9.17, 15) is 9.59 Å². The van der Waals surface area contributed by atoms with Crippen LogP contribution < -0.4 is 15.5 Å². The van der Waals surface area contributed by atoms with Crippen LogP contribution in [0.1, 0.15) is 17.5 Å². The minimum absolute atomic E-state index is 0.00174.